The predicted molar refractivity (Wildman–Crippen MR) is 37.1 cm³/mol. The van der Waals surface area contributed by atoms with Crippen LogP contribution in [0.5, 0.6) is 0 Å². The SMILES string of the molecule is CCC1(C)OC(N)=CC1=O. The Labute approximate surface area is 59.8 Å². The van der Waals surface area contributed by atoms with E-state index in [-0.39, 0.29) is 11.7 Å². The molecule has 0 aromatic rings. The Kier molecular flexibility index (Phi) is 1.43. The van der Waals surface area contributed by atoms with E-state index in [1.54, 1.807) is 6.92 Å². The van der Waals surface area contributed by atoms with Crippen LogP contribution in [0, 0.1) is 0 Å². The fraction of sp³-hybridized carbons (Fsp3) is 0.571. The maximum absolute atomic E-state index is 11.1. The Balaban J connectivity index is 2.81. The van der Waals surface area contributed by atoms with E-state index in [1.165, 1.54) is 6.08 Å². The molecule has 1 unspecified atom stereocenters. The molecule has 1 atom stereocenters. The van der Waals surface area contributed by atoms with E-state index in [2.05, 4.69) is 0 Å². The van der Waals surface area contributed by atoms with Crippen LogP contribution in [0.2, 0.25) is 0 Å². The van der Waals surface area contributed by atoms with Gasteiger partial charge in [-0.2, -0.15) is 0 Å². The molecule has 1 rings (SSSR count). The first-order valence-electron chi connectivity index (χ1n) is 3.29. The van der Waals surface area contributed by atoms with Crippen LogP contribution in [0.3, 0.4) is 0 Å². The highest BCUT2D eigenvalue weighted by Gasteiger charge is 2.37. The molecule has 1 aliphatic heterocycles. The van der Waals surface area contributed by atoms with Crippen LogP contribution in [0.15, 0.2) is 12.0 Å². The summed E-state index contributed by atoms with van der Waals surface area (Å²) >= 11 is 0. The van der Waals surface area contributed by atoms with Gasteiger partial charge in [0.15, 0.2) is 11.5 Å². The van der Waals surface area contributed by atoms with Gasteiger partial charge in [-0.3, -0.25) is 4.79 Å². The summed E-state index contributed by atoms with van der Waals surface area (Å²) in [5, 5.41) is 0. The zero-order valence-electron chi connectivity index (χ0n) is 6.18. The second kappa shape index (κ2) is 2.01. The van der Waals surface area contributed by atoms with Crippen molar-refractivity contribution >= 4 is 5.78 Å². The zero-order valence-corrected chi connectivity index (χ0v) is 6.18. The van der Waals surface area contributed by atoms with Crippen molar-refractivity contribution in [3.63, 3.8) is 0 Å². The summed E-state index contributed by atoms with van der Waals surface area (Å²) in [5.41, 5.74) is 4.60. The third-order valence-corrected chi connectivity index (χ3v) is 1.81. The van der Waals surface area contributed by atoms with Crippen LogP contribution in [0.4, 0.5) is 0 Å². The highest BCUT2D eigenvalue weighted by molar-refractivity contribution is 5.98. The predicted octanol–water partition coefficient (Wildman–Crippen LogP) is 0.555. The van der Waals surface area contributed by atoms with Crippen molar-refractivity contribution in [3.8, 4) is 0 Å². The van der Waals surface area contributed by atoms with Crippen molar-refractivity contribution in [2.45, 2.75) is 25.9 Å². The number of carbonyl (C=O) groups excluding carboxylic acids is 1. The Hall–Kier alpha value is -0.990. The summed E-state index contributed by atoms with van der Waals surface area (Å²) < 4.78 is 5.10. The first-order valence-corrected chi connectivity index (χ1v) is 3.29. The molecule has 0 aromatic carbocycles. The van der Waals surface area contributed by atoms with Crippen LogP contribution in [-0.2, 0) is 9.53 Å². The number of ketones is 1. The second-order valence-electron chi connectivity index (χ2n) is 2.60. The molecule has 56 valence electrons. The Bertz CT molecular complexity index is 198. The Morgan fingerprint density at radius 1 is 1.80 bits per heavy atom. The van der Waals surface area contributed by atoms with Gasteiger partial charge in [0.1, 0.15) is 0 Å². The molecule has 10 heavy (non-hydrogen) atoms. The largest absolute Gasteiger partial charge is 0.465 e. The summed E-state index contributed by atoms with van der Waals surface area (Å²) in [6.07, 6.45) is 1.99. The summed E-state index contributed by atoms with van der Waals surface area (Å²) in [7, 11) is 0. The normalized spacial score (nSPS) is 31.8. The van der Waals surface area contributed by atoms with Gasteiger partial charge in [0.2, 0.25) is 5.78 Å². The van der Waals surface area contributed by atoms with Gasteiger partial charge < -0.3 is 10.5 Å². The maximum atomic E-state index is 11.1. The third kappa shape index (κ3) is 0.875. The molecule has 1 heterocycles. The van der Waals surface area contributed by atoms with Gasteiger partial charge in [-0.1, -0.05) is 6.92 Å². The molecule has 1 aliphatic rings. The molecule has 0 aromatic heterocycles. The molecule has 0 saturated heterocycles. The quantitative estimate of drug-likeness (QED) is 0.580. The van der Waals surface area contributed by atoms with E-state index >= 15 is 0 Å². The van der Waals surface area contributed by atoms with E-state index < -0.39 is 5.60 Å². The molecule has 0 aliphatic carbocycles. The van der Waals surface area contributed by atoms with Gasteiger partial charge in [0.05, 0.1) is 0 Å². The molecule has 0 radical (unpaired) electrons. The van der Waals surface area contributed by atoms with Gasteiger partial charge in [-0.25, -0.2) is 0 Å². The van der Waals surface area contributed by atoms with E-state index in [4.69, 9.17) is 10.5 Å². The average molecular weight is 141 g/mol. The fourth-order valence-corrected chi connectivity index (χ4v) is 0.868. The fourth-order valence-electron chi connectivity index (χ4n) is 0.868. The molecule has 0 saturated carbocycles. The summed E-state index contributed by atoms with van der Waals surface area (Å²) in [5.74, 6) is 0.196. The molecule has 0 amide bonds. The smallest absolute Gasteiger partial charge is 0.204 e. The minimum Gasteiger partial charge on any atom is -0.465 e. The number of ether oxygens (including phenoxy) is 1. The standard InChI is InChI=1S/C7H11NO2/c1-3-7(2)5(9)4-6(8)10-7/h4H,3,8H2,1-2H3. The van der Waals surface area contributed by atoms with Crippen LogP contribution in [-0.4, -0.2) is 11.4 Å². The molecule has 0 fully saturated rings. The van der Waals surface area contributed by atoms with Gasteiger partial charge in [-0.15, -0.1) is 0 Å². The van der Waals surface area contributed by atoms with Crippen LogP contribution >= 0.6 is 0 Å². The summed E-state index contributed by atoms with van der Waals surface area (Å²) in [4.78, 5) is 11.1. The molecule has 2 N–H and O–H groups in total. The number of nitrogens with two attached hydrogens (primary N) is 1. The van der Waals surface area contributed by atoms with Crippen LogP contribution in [0.25, 0.3) is 0 Å². The van der Waals surface area contributed by atoms with Crippen LogP contribution < -0.4 is 5.73 Å². The highest BCUT2D eigenvalue weighted by Crippen LogP contribution is 2.24. The van der Waals surface area contributed by atoms with Gasteiger partial charge >= 0.3 is 0 Å². The number of hydrogen-bond acceptors (Lipinski definition) is 3. The highest BCUT2D eigenvalue weighted by atomic mass is 16.5. The number of hydrogen-bond donors (Lipinski definition) is 1. The lowest BCUT2D eigenvalue weighted by atomic mass is 9.99. The Morgan fingerprint density at radius 3 is 2.60 bits per heavy atom. The number of carbonyl (C=O) groups is 1. The van der Waals surface area contributed by atoms with Crippen molar-refractivity contribution < 1.29 is 9.53 Å². The monoisotopic (exact) mass is 141 g/mol. The summed E-state index contributed by atoms with van der Waals surface area (Å²) in [6.45, 7) is 3.63. The van der Waals surface area contributed by atoms with E-state index in [1.807, 2.05) is 6.92 Å². The van der Waals surface area contributed by atoms with Crippen molar-refractivity contribution in [2.24, 2.45) is 5.73 Å². The summed E-state index contributed by atoms with van der Waals surface area (Å²) in [6, 6.07) is 0. The second-order valence-corrected chi connectivity index (χ2v) is 2.60. The molecule has 3 nitrogen and oxygen atoms in total. The van der Waals surface area contributed by atoms with E-state index in [9.17, 15) is 4.79 Å². The van der Waals surface area contributed by atoms with Crippen molar-refractivity contribution in [2.75, 3.05) is 0 Å². The maximum Gasteiger partial charge on any atom is 0.204 e. The molecule has 3 heteroatoms. The molecular formula is C7H11NO2. The minimum absolute atomic E-state index is 0.0347. The minimum atomic E-state index is -0.690. The lowest BCUT2D eigenvalue weighted by Gasteiger charge is -2.19. The topological polar surface area (TPSA) is 52.3 Å². The molecule has 0 spiro atoms. The lowest BCUT2D eigenvalue weighted by molar-refractivity contribution is -0.128. The van der Waals surface area contributed by atoms with Gasteiger partial charge in [-0.05, 0) is 13.3 Å². The first-order chi connectivity index (χ1) is 4.58. The van der Waals surface area contributed by atoms with E-state index in [0.29, 0.717) is 6.42 Å². The van der Waals surface area contributed by atoms with Gasteiger partial charge in [0.25, 0.3) is 0 Å². The number of rotatable bonds is 1. The van der Waals surface area contributed by atoms with Crippen molar-refractivity contribution in [3.05, 3.63) is 12.0 Å². The molecule has 0 bridgehead atoms. The van der Waals surface area contributed by atoms with Gasteiger partial charge in [0, 0.05) is 6.08 Å². The lowest BCUT2D eigenvalue weighted by Crippen LogP contribution is -2.31. The van der Waals surface area contributed by atoms with Crippen molar-refractivity contribution in [1.29, 1.82) is 0 Å². The van der Waals surface area contributed by atoms with Crippen molar-refractivity contribution in [1.82, 2.24) is 0 Å². The Morgan fingerprint density at radius 2 is 2.40 bits per heavy atom. The van der Waals surface area contributed by atoms with Crippen LogP contribution in [0.1, 0.15) is 20.3 Å². The molecular weight excluding hydrogens is 130 g/mol. The first kappa shape index (κ1) is 7.12. The zero-order chi connectivity index (χ0) is 7.78. The average Bonchev–Trinajstić information content (AvgIpc) is 2.09. The third-order valence-electron chi connectivity index (χ3n) is 1.81. The van der Waals surface area contributed by atoms with E-state index in [0.717, 1.165) is 0 Å².